The summed E-state index contributed by atoms with van der Waals surface area (Å²) in [5.41, 5.74) is 1.67. The third kappa shape index (κ3) is 9.46. The number of carbonyl (C=O) groups excluding carboxylic acids is 2. The van der Waals surface area contributed by atoms with Crippen LogP contribution in [0.2, 0.25) is 0 Å². The first kappa shape index (κ1) is 30.8. The molecule has 0 spiro atoms. The molecule has 3 amide bonds. The first-order chi connectivity index (χ1) is 18.7. The maximum absolute atomic E-state index is 13.0. The summed E-state index contributed by atoms with van der Waals surface area (Å²) in [5.74, 6) is -1.08. The molecule has 40 heavy (non-hydrogen) atoms. The van der Waals surface area contributed by atoms with Crippen molar-refractivity contribution in [3.8, 4) is 5.75 Å². The Morgan fingerprint density at radius 3 is 2.08 bits per heavy atom. The normalized spacial score (nSPS) is 18.4. The summed E-state index contributed by atoms with van der Waals surface area (Å²) in [7, 11) is 0. The van der Waals surface area contributed by atoms with Crippen molar-refractivity contribution in [3.05, 3.63) is 59.7 Å². The minimum atomic E-state index is -4.81. The predicted molar refractivity (Wildman–Crippen MR) is 144 cm³/mol. The smallest absolute Gasteiger partial charge is 0.481 e. The van der Waals surface area contributed by atoms with Gasteiger partial charge in [-0.25, -0.2) is 4.79 Å². The second-order valence-electron chi connectivity index (χ2n) is 11.1. The summed E-state index contributed by atoms with van der Waals surface area (Å²) in [6.45, 7) is 6.70. The van der Waals surface area contributed by atoms with Gasteiger partial charge in [0, 0.05) is 17.8 Å². The van der Waals surface area contributed by atoms with Crippen molar-refractivity contribution in [2.75, 3.05) is 11.9 Å². The predicted octanol–water partition coefficient (Wildman–Crippen LogP) is 6.51. The molecule has 4 N–H and O–H groups in total. The Kier molecular flexibility index (Phi) is 10.1. The van der Waals surface area contributed by atoms with Crippen LogP contribution in [-0.2, 0) is 4.79 Å². The second-order valence-corrected chi connectivity index (χ2v) is 11.1. The van der Waals surface area contributed by atoms with E-state index in [4.69, 9.17) is 5.11 Å². The van der Waals surface area contributed by atoms with Gasteiger partial charge in [-0.3, -0.25) is 9.59 Å². The highest BCUT2D eigenvalue weighted by atomic mass is 19.4. The Labute approximate surface area is 231 Å². The molecule has 1 fully saturated rings. The lowest BCUT2D eigenvalue weighted by molar-refractivity contribution is -0.274. The number of benzene rings is 2. The van der Waals surface area contributed by atoms with E-state index in [0.717, 1.165) is 43.4 Å². The standard InChI is InChI=1S/C29H36F3N3O5/c1-28(2,3)21-10-8-19(9-11-21)25(18-4-6-20(7-5-18)26(38)33-17-16-24(36)37)35-27(39)34-22-12-14-23(15-13-22)40-29(30,31)32/h4-7,12-15,19,21,25H,8-11,16-17H2,1-3H3,(H,33,38)(H,36,37)(H2,34,35,39)/t19-,21+,25?. The molecule has 0 aliphatic heterocycles. The second kappa shape index (κ2) is 13.1. The summed E-state index contributed by atoms with van der Waals surface area (Å²) in [6.07, 6.45) is -1.17. The van der Waals surface area contributed by atoms with Crippen LogP contribution in [0.3, 0.4) is 0 Å². The zero-order valence-electron chi connectivity index (χ0n) is 22.8. The van der Waals surface area contributed by atoms with Crippen molar-refractivity contribution >= 4 is 23.6 Å². The van der Waals surface area contributed by atoms with Gasteiger partial charge in [-0.1, -0.05) is 32.9 Å². The van der Waals surface area contributed by atoms with E-state index in [9.17, 15) is 27.6 Å². The number of carboxylic acid groups (broad SMARTS) is 1. The maximum Gasteiger partial charge on any atom is 0.573 e. The molecule has 218 valence electrons. The molecule has 1 aliphatic rings. The number of carboxylic acids is 1. The summed E-state index contributed by atoms with van der Waals surface area (Å²) < 4.78 is 41.2. The monoisotopic (exact) mass is 563 g/mol. The van der Waals surface area contributed by atoms with Crippen molar-refractivity contribution in [1.82, 2.24) is 10.6 Å². The molecule has 8 nitrogen and oxygen atoms in total. The van der Waals surface area contributed by atoms with Crippen LogP contribution in [-0.4, -0.2) is 35.9 Å². The van der Waals surface area contributed by atoms with E-state index in [1.165, 1.54) is 12.1 Å². The van der Waals surface area contributed by atoms with E-state index < -0.39 is 24.3 Å². The van der Waals surface area contributed by atoms with Crippen LogP contribution >= 0.6 is 0 Å². The number of alkyl halides is 3. The maximum atomic E-state index is 13.0. The van der Waals surface area contributed by atoms with Gasteiger partial charge in [0.25, 0.3) is 5.91 Å². The van der Waals surface area contributed by atoms with Gasteiger partial charge < -0.3 is 25.8 Å². The Hall–Kier alpha value is -3.76. The number of ether oxygens (including phenoxy) is 1. The molecule has 0 radical (unpaired) electrons. The summed E-state index contributed by atoms with van der Waals surface area (Å²) >= 11 is 0. The molecule has 0 bridgehead atoms. The number of aliphatic carboxylic acids is 1. The highest BCUT2D eigenvalue weighted by Crippen LogP contribution is 2.43. The quantitative estimate of drug-likeness (QED) is 0.278. The number of carbonyl (C=O) groups is 3. The van der Waals surface area contributed by atoms with E-state index in [1.54, 1.807) is 24.3 Å². The van der Waals surface area contributed by atoms with Gasteiger partial charge >= 0.3 is 18.4 Å². The molecule has 2 aromatic rings. The number of halogens is 3. The van der Waals surface area contributed by atoms with Crippen molar-refractivity contribution < 1.29 is 37.4 Å². The van der Waals surface area contributed by atoms with Gasteiger partial charge in [-0.15, -0.1) is 13.2 Å². The van der Waals surface area contributed by atoms with Crippen molar-refractivity contribution in [2.24, 2.45) is 17.3 Å². The molecule has 0 heterocycles. The van der Waals surface area contributed by atoms with Crippen LogP contribution < -0.4 is 20.7 Å². The Morgan fingerprint density at radius 1 is 0.950 bits per heavy atom. The van der Waals surface area contributed by atoms with E-state index >= 15 is 0 Å². The number of hydrogen-bond donors (Lipinski definition) is 4. The fourth-order valence-corrected chi connectivity index (χ4v) is 5.07. The number of amides is 3. The first-order valence-corrected chi connectivity index (χ1v) is 13.2. The van der Waals surface area contributed by atoms with Crippen molar-refractivity contribution in [3.63, 3.8) is 0 Å². The Bertz CT molecular complexity index is 1150. The van der Waals surface area contributed by atoms with E-state index in [0.29, 0.717) is 17.2 Å². The minimum absolute atomic E-state index is 0.0145. The molecule has 1 aliphatic carbocycles. The van der Waals surface area contributed by atoms with E-state index in [2.05, 4.69) is 41.5 Å². The largest absolute Gasteiger partial charge is 0.573 e. The lowest BCUT2D eigenvalue weighted by Gasteiger charge is -2.39. The summed E-state index contributed by atoms with van der Waals surface area (Å²) in [4.78, 5) is 36.0. The lowest BCUT2D eigenvalue weighted by atomic mass is 9.68. The lowest BCUT2D eigenvalue weighted by Crippen LogP contribution is -2.38. The zero-order chi connectivity index (χ0) is 29.5. The fourth-order valence-electron chi connectivity index (χ4n) is 5.07. The van der Waals surface area contributed by atoms with E-state index in [1.807, 2.05) is 0 Å². The van der Waals surface area contributed by atoms with Crippen LogP contribution in [0.5, 0.6) is 5.75 Å². The number of rotatable bonds is 9. The van der Waals surface area contributed by atoms with Gasteiger partial charge in [-0.2, -0.15) is 0 Å². The van der Waals surface area contributed by atoms with Gasteiger partial charge in [0.05, 0.1) is 12.5 Å². The van der Waals surface area contributed by atoms with Gasteiger partial charge in [-0.05, 0) is 84.9 Å². The zero-order valence-corrected chi connectivity index (χ0v) is 22.8. The number of urea groups is 1. The molecule has 1 saturated carbocycles. The average molecular weight is 564 g/mol. The van der Waals surface area contributed by atoms with Crippen LogP contribution in [0.4, 0.5) is 23.7 Å². The van der Waals surface area contributed by atoms with E-state index in [-0.39, 0.29) is 36.1 Å². The fraction of sp³-hybridized carbons (Fsp3) is 0.483. The van der Waals surface area contributed by atoms with Crippen LogP contribution in [0.1, 0.15) is 74.8 Å². The molecule has 11 heteroatoms. The average Bonchev–Trinajstić information content (AvgIpc) is 2.87. The minimum Gasteiger partial charge on any atom is -0.481 e. The molecule has 0 saturated heterocycles. The van der Waals surface area contributed by atoms with Gasteiger partial charge in [0.1, 0.15) is 5.75 Å². The first-order valence-electron chi connectivity index (χ1n) is 13.2. The summed E-state index contributed by atoms with van der Waals surface area (Å²) in [5, 5.41) is 17.0. The third-order valence-electron chi connectivity index (χ3n) is 7.26. The van der Waals surface area contributed by atoms with Crippen LogP contribution in [0, 0.1) is 17.3 Å². The SMILES string of the molecule is CC(C)(C)[C@H]1CC[C@@H](C(NC(=O)Nc2ccc(OC(F)(F)F)cc2)c2ccc(C(=O)NCCC(=O)O)cc2)CC1. The molecule has 1 atom stereocenters. The van der Waals surface area contributed by atoms with Gasteiger partial charge in [0.15, 0.2) is 0 Å². The van der Waals surface area contributed by atoms with Crippen molar-refractivity contribution in [2.45, 2.75) is 65.3 Å². The molecule has 1 unspecified atom stereocenters. The molecule has 3 rings (SSSR count). The highest BCUT2D eigenvalue weighted by Gasteiger charge is 2.34. The Morgan fingerprint density at radius 2 is 1.55 bits per heavy atom. The topological polar surface area (TPSA) is 117 Å². The summed E-state index contributed by atoms with van der Waals surface area (Å²) in [6, 6.07) is 10.8. The number of nitrogens with one attached hydrogen (secondary N) is 3. The molecule has 0 aromatic heterocycles. The molecule has 2 aromatic carbocycles. The van der Waals surface area contributed by atoms with Crippen LogP contribution in [0.25, 0.3) is 0 Å². The third-order valence-corrected chi connectivity index (χ3v) is 7.26. The molecular weight excluding hydrogens is 527 g/mol. The highest BCUT2D eigenvalue weighted by molar-refractivity contribution is 5.94. The number of hydrogen-bond acceptors (Lipinski definition) is 4. The molecular formula is C29H36F3N3O5. The Balaban J connectivity index is 1.72. The van der Waals surface area contributed by atoms with Crippen LogP contribution in [0.15, 0.2) is 48.5 Å². The van der Waals surface area contributed by atoms with Crippen molar-refractivity contribution in [1.29, 1.82) is 0 Å². The number of anilines is 1. The van der Waals surface area contributed by atoms with Gasteiger partial charge in [0.2, 0.25) is 0 Å².